The third kappa shape index (κ3) is 6.66. The number of aliphatic hydroxyl groups excluding tert-OH is 1. The molecule has 1 atom stereocenters. The number of amides is 2. The van der Waals surface area contributed by atoms with E-state index >= 15 is 0 Å². The highest BCUT2D eigenvalue weighted by Gasteiger charge is 2.14. The molecule has 0 aliphatic rings. The molecule has 1 aromatic carbocycles. The normalized spacial score (nSPS) is 12.4. The van der Waals surface area contributed by atoms with Gasteiger partial charge < -0.3 is 20.5 Å². The van der Waals surface area contributed by atoms with Gasteiger partial charge in [-0.2, -0.15) is 8.78 Å². The number of hydrogen-bond acceptors (Lipinski definition) is 3. The number of aliphatic hydroxyl groups is 1. The van der Waals surface area contributed by atoms with Gasteiger partial charge >= 0.3 is 12.6 Å². The van der Waals surface area contributed by atoms with Crippen LogP contribution in [0.4, 0.5) is 23.7 Å². The molecule has 124 valence electrons. The second-order valence-corrected chi connectivity index (χ2v) is 5.14. The number of anilines is 1. The van der Waals surface area contributed by atoms with Gasteiger partial charge in [0.05, 0.1) is 11.8 Å². The molecule has 1 rings (SSSR count). The number of carbonyl (C=O) groups is 1. The van der Waals surface area contributed by atoms with Crippen molar-refractivity contribution in [1.82, 2.24) is 5.32 Å². The second kappa shape index (κ2) is 8.47. The molecule has 0 heterocycles. The third-order valence-corrected chi connectivity index (χ3v) is 2.65. The monoisotopic (exact) mass is 320 g/mol. The van der Waals surface area contributed by atoms with Crippen LogP contribution >= 0.6 is 0 Å². The van der Waals surface area contributed by atoms with Gasteiger partial charge in [0.1, 0.15) is 5.82 Å². The summed E-state index contributed by atoms with van der Waals surface area (Å²) in [7, 11) is 0. The predicted molar refractivity (Wildman–Crippen MR) is 75.5 cm³/mol. The molecule has 0 spiro atoms. The Morgan fingerprint density at radius 1 is 1.36 bits per heavy atom. The van der Waals surface area contributed by atoms with Gasteiger partial charge in [-0.15, -0.1) is 0 Å². The number of urea groups is 1. The summed E-state index contributed by atoms with van der Waals surface area (Å²) in [6.45, 7) is 0.722. The first-order chi connectivity index (χ1) is 10.3. The van der Waals surface area contributed by atoms with E-state index in [1.165, 1.54) is 0 Å². The fourth-order valence-electron chi connectivity index (χ4n) is 1.80. The summed E-state index contributed by atoms with van der Waals surface area (Å²) in [6.07, 6.45) is -0.202. The fourth-order valence-corrected chi connectivity index (χ4v) is 1.80. The van der Waals surface area contributed by atoms with Gasteiger partial charge in [0.15, 0.2) is 5.75 Å². The summed E-state index contributed by atoms with van der Waals surface area (Å²) in [5.41, 5.74) is -0.0995. The maximum atomic E-state index is 13.0. The van der Waals surface area contributed by atoms with Crippen LogP contribution in [-0.4, -0.2) is 30.4 Å². The molecule has 22 heavy (non-hydrogen) atoms. The van der Waals surface area contributed by atoms with E-state index in [4.69, 9.17) is 0 Å². The van der Waals surface area contributed by atoms with Crippen molar-refractivity contribution >= 4 is 11.7 Å². The molecule has 0 aliphatic heterocycles. The Bertz CT molecular complexity index is 498. The molecule has 1 aromatic rings. The van der Waals surface area contributed by atoms with Crippen LogP contribution in [-0.2, 0) is 0 Å². The van der Waals surface area contributed by atoms with E-state index in [2.05, 4.69) is 15.4 Å². The highest BCUT2D eigenvalue weighted by Crippen LogP contribution is 2.26. The van der Waals surface area contributed by atoms with Crippen LogP contribution in [0.2, 0.25) is 0 Å². The predicted octanol–water partition coefficient (Wildman–Crippen LogP) is 2.96. The topological polar surface area (TPSA) is 70.6 Å². The molecular weight excluding hydrogens is 301 g/mol. The van der Waals surface area contributed by atoms with Gasteiger partial charge in [-0.3, -0.25) is 0 Å². The van der Waals surface area contributed by atoms with E-state index in [1.807, 2.05) is 13.8 Å². The summed E-state index contributed by atoms with van der Waals surface area (Å²) in [4.78, 5) is 11.7. The quantitative estimate of drug-likeness (QED) is 0.723. The number of hydrogen-bond donors (Lipinski definition) is 3. The summed E-state index contributed by atoms with van der Waals surface area (Å²) in [5, 5.41) is 14.3. The molecule has 5 nitrogen and oxygen atoms in total. The van der Waals surface area contributed by atoms with Crippen molar-refractivity contribution in [3.05, 3.63) is 24.0 Å². The minimum Gasteiger partial charge on any atom is -0.432 e. The molecule has 1 unspecified atom stereocenters. The molecule has 0 radical (unpaired) electrons. The number of ether oxygens (including phenoxy) is 1. The van der Waals surface area contributed by atoms with Crippen molar-refractivity contribution in [3.63, 3.8) is 0 Å². The molecule has 0 saturated carbocycles. The van der Waals surface area contributed by atoms with E-state index in [0.717, 1.165) is 18.2 Å². The highest BCUT2D eigenvalue weighted by molar-refractivity contribution is 5.90. The van der Waals surface area contributed by atoms with E-state index in [9.17, 15) is 23.1 Å². The lowest BCUT2D eigenvalue weighted by Crippen LogP contribution is -2.35. The molecule has 0 bridgehead atoms. The Morgan fingerprint density at radius 2 is 2.05 bits per heavy atom. The third-order valence-electron chi connectivity index (χ3n) is 2.65. The Labute approximate surface area is 126 Å². The summed E-state index contributed by atoms with van der Waals surface area (Å²) < 4.78 is 41.6. The number of benzene rings is 1. The van der Waals surface area contributed by atoms with Crippen molar-refractivity contribution in [3.8, 4) is 5.75 Å². The van der Waals surface area contributed by atoms with Crippen LogP contribution in [0.1, 0.15) is 20.3 Å². The average molecular weight is 320 g/mol. The van der Waals surface area contributed by atoms with Crippen molar-refractivity contribution in [1.29, 1.82) is 0 Å². The zero-order valence-corrected chi connectivity index (χ0v) is 12.3. The molecule has 0 saturated heterocycles. The van der Waals surface area contributed by atoms with Gasteiger partial charge in [-0.05, 0) is 24.5 Å². The van der Waals surface area contributed by atoms with Crippen LogP contribution in [0.5, 0.6) is 5.75 Å². The van der Waals surface area contributed by atoms with Gasteiger partial charge in [0.25, 0.3) is 0 Å². The molecule has 0 aromatic heterocycles. The van der Waals surface area contributed by atoms with Gasteiger partial charge in [0, 0.05) is 12.6 Å². The first-order valence-corrected chi connectivity index (χ1v) is 6.75. The lowest BCUT2D eigenvalue weighted by molar-refractivity contribution is -0.0495. The van der Waals surface area contributed by atoms with Gasteiger partial charge in [-0.1, -0.05) is 13.8 Å². The van der Waals surface area contributed by atoms with Crippen LogP contribution in [0.25, 0.3) is 0 Å². The SMILES string of the molecule is CC(C)CC(O)CNC(=O)Nc1ccc(F)cc1OC(F)F. The van der Waals surface area contributed by atoms with Crippen molar-refractivity contribution < 1.29 is 27.8 Å². The maximum Gasteiger partial charge on any atom is 0.387 e. The Morgan fingerprint density at radius 3 is 2.64 bits per heavy atom. The standard InChI is InChI=1S/C14H19F3N2O3/c1-8(2)5-10(20)7-18-14(21)19-11-4-3-9(15)6-12(11)22-13(16)17/h3-4,6,8,10,13,20H,5,7H2,1-2H3,(H2,18,19,21). The smallest absolute Gasteiger partial charge is 0.387 e. The van der Waals surface area contributed by atoms with E-state index in [1.54, 1.807) is 0 Å². The Hall–Kier alpha value is -1.96. The number of halogens is 3. The highest BCUT2D eigenvalue weighted by atomic mass is 19.3. The lowest BCUT2D eigenvalue weighted by Gasteiger charge is -2.15. The van der Waals surface area contributed by atoms with Crippen LogP contribution in [0.3, 0.4) is 0 Å². The molecule has 0 fully saturated rings. The van der Waals surface area contributed by atoms with Crippen LogP contribution in [0.15, 0.2) is 18.2 Å². The average Bonchev–Trinajstić information content (AvgIpc) is 2.38. The van der Waals surface area contributed by atoms with E-state index in [0.29, 0.717) is 6.42 Å². The Kier molecular flexibility index (Phi) is 6.97. The number of rotatable bonds is 7. The number of alkyl halides is 2. The Balaban J connectivity index is 2.60. The molecular formula is C14H19F3N2O3. The molecule has 8 heteroatoms. The first kappa shape index (κ1) is 18.1. The zero-order chi connectivity index (χ0) is 16.7. The summed E-state index contributed by atoms with van der Waals surface area (Å²) in [5.74, 6) is -0.982. The minimum atomic E-state index is -3.14. The fraction of sp³-hybridized carbons (Fsp3) is 0.500. The van der Waals surface area contributed by atoms with Crippen LogP contribution < -0.4 is 15.4 Å². The number of carbonyl (C=O) groups excluding carboxylic acids is 1. The largest absolute Gasteiger partial charge is 0.432 e. The first-order valence-electron chi connectivity index (χ1n) is 6.75. The molecule has 2 amide bonds. The molecule has 3 N–H and O–H groups in total. The second-order valence-electron chi connectivity index (χ2n) is 5.14. The van der Waals surface area contributed by atoms with Crippen molar-refractivity contribution in [2.24, 2.45) is 5.92 Å². The summed E-state index contributed by atoms with van der Waals surface area (Å²) >= 11 is 0. The van der Waals surface area contributed by atoms with Gasteiger partial charge in [-0.25, -0.2) is 9.18 Å². The van der Waals surface area contributed by atoms with Crippen LogP contribution in [0, 0.1) is 11.7 Å². The number of nitrogens with one attached hydrogen (secondary N) is 2. The van der Waals surface area contributed by atoms with Gasteiger partial charge in [0.2, 0.25) is 0 Å². The molecule has 0 aliphatic carbocycles. The van der Waals surface area contributed by atoms with Crippen molar-refractivity contribution in [2.75, 3.05) is 11.9 Å². The summed E-state index contributed by atoms with van der Waals surface area (Å²) in [6, 6.07) is 2.14. The zero-order valence-electron chi connectivity index (χ0n) is 12.3. The minimum absolute atomic E-state index is 0.0102. The van der Waals surface area contributed by atoms with E-state index in [-0.39, 0.29) is 18.2 Å². The van der Waals surface area contributed by atoms with Crippen molar-refractivity contribution in [2.45, 2.75) is 33.0 Å². The maximum absolute atomic E-state index is 13.0. The van der Waals surface area contributed by atoms with E-state index < -0.39 is 30.3 Å². The lowest BCUT2D eigenvalue weighted by atomic mass is 10.1.